The lowest BCUT2D eigenvalue weighted by Gasteiger charge is -2.25. The highest BCUT2D eigenvalue weighted by Crippen LogP contribution is 2.43. The van der Waals surface area contributed by atoms with Gasteiger partial charge in [-0.25, -0.2) is 13.2 Å². The smallest absolute Gasteiger partial charge is 0.417 e. The molecule has 0 unspecified atom stereocenters. The molecule has 2 aliphatic heterocycles. The van der Waals surface area contributed by atoms with E-state index in [9.17, 15) is 31.2 Å². The number of alkyl halides is 3. The van der Waals surface area contributed by atoms with E-state index in [4.69, 9.17) is 16.7 Å². The Balaban J connectivity index is 1.95. The van der Waals surface area contributed by atoms with Crippen LogP contribution >= 0.6 is 23.4 Å². The summed E-state index contributed by atoms with van der Waals surface area (Å²) in [6, 6.07) is 2.38. The van der Waals surface area contributed by atoms with Gasteiger partial charge in [0.1, 0.15) is 13.2 Å². The largest absolute Gasteiger partial charge is 0.480 e. The molecule has 0 aliphatic carbocycles. The molecule has 0 aromatic heterocycles. The number of carboxylic acids is 1. The number of carboxylic acid groups (broad SMARTS) is 1. The Kier molecular flexibility index (Phi) is 6.37. The van der Waals surface area contributed by atoms with Gasteiger partial charge in [-0.1, -0.05) is 23.4 Å². The number of sulfone groups is 1. The van der Waals surface area contributed by atoms with Crippen molar-refractivity contribution < 1.29 is 41.0 Å². The van der Waals surface area contributed by atoms with E-state index in [2.05, 4.69) is 9.73 Å². The number of rotatable bonds is 5. The van der Waals surface area contributed by atoms with Crippen LogP contribution in [0.5, 0.6) is 0 Å². The lowest BCUT2D eigenvalue weighted by atomic mass is 10.1. The van der Waals surface area contributed by atoms with Crippen molar-refractivity contribution in [2.24, 2.45) is 4.99 Å². The lowest BCUT2D eigenvalue weighted by molar-refractivity contribution is -0.143. The number of fused-ring (bicyclic) bond motifs is 1. The van der Waals surface area contributed by atoms with Gasteiger partial charge in [-0.15, -0.1) is 0 Å². The summed E-state index contributed by atoms with van der Waals surface area (Å²) in [5, 5.41) is 7.50. The molecule has 0 radical (unpaired) electrons. The minimum Gasteiger partial charge on any atom is -0.480 e. The van der Waals surface area contributed by atoms with Crippen molar-refractivity contribution in [1.82, 2.24) is 0 Å². The molecule has 3 rings (SSSR count). The third-order valence-electron chi connectivity index (χ3n) is 4.27. The van der Waals surface area contributed by atoms with E-state index < -0.39 is 63.0 Å². The summed E-state index contributed by atoms with van der Waals surface area (Å²) in [6.45, 7) is -1.37. The topological polar surface area (TPSA) is 113 Å². The standard InChI is InChI=1S/C16H14ClF3N2O6S2/c17-10-2-1-8(3-9(10)16(18,19)20)22-11-6-30(26,27)7-12(11)29-15(22)21-13(23)4-28-5-14(24)25/h1-3,11-12H,4-7H2,(H,24,25)/t11-,12-/m0/s1. The maximum atomic E-state index is 13.3. The van der Waals surface area contributed by atoms with E-state index in [1.807, 2.05) is 0 Å². The second kappa shape index (κ2) is 8.36. The van der Waals surface area contributed by atoms with Crippen LogP contribution in [0.2, 0.25) is 5.02 Å². The lowest BCUT2D eigenvalue weighted by Crippen LogP contribution is -2.38. The van der Waals surface area contributed by atoms with E-state index in [0.717, 1.165) is 23.9 Å². The minimum absolute atomic E-state index is 0.0122. The molecular weight excluding hydrogens is 473 g/mol. The summed E-state index contributed by atoms with van der Waals surface area (Å²) in [4.78, 5) is 27.6. The maximum absolute atomic E-state index is 13.3. The second-order valence-electron chi connectivity index (χ2n) is 6.51. The Morgan fingerprint density at radius 1 is 1.30 bits per heavy atom. The fourth-order valence-corrected chi connectivity index (χ4v) is 7.27. The molecule has 2 heterocycles. The van der Waals surface area contributed by atoms with Crippen LogP contribution in [0, 0.1) is 0 Å². The van der Waals surface area contributed by atoms with Gasteiger partial charge in [0.25, 0.3) is 5.91 Å². The predicted molar refractivity (Wildman–Crippen MR) is 104 cm³/mol. The fourth-order valence-electron chi connectivity index (χ4n) is 3.11. The molecule has 8 nitrogen and oxygen atoms in total. The molecule has 2 fully saturated rings. The summed E-state index contributed by atoms with van der Waals surface area (Å²) in [7, 11) is -3.41. The van der Waals surface area contributed by atoms with Crippen LogP contribution in [-0.2, 0) is 30.3 Å². The van der Waals surface area contributed by atoms with Crippen LogP contribution in [0.1, 0.15) is 5.56 Å². The Morgan fingerprint density at radius 3 is 2.63 bits per heavy atom. The Hall–Kier alpha value is -1.83. The van der Waals surface area contributed by atoms with E-state index in [0.29, 0.717) is 0 Å². The summed E-state index contributed by atoms with van der Waals surface area (Å²) >= 11 is 6.62. The average Bonchev–Trinajstić information content (AvgIpc) is 3.05. The molecule has 1 amide bonds. The number of amides is 1. The number of anilines is 1. The van der Waals surface area contributed by atoms with Crippen molar-refractivity contribution in [1.29, 1.82) is 0 Å². The van der Waals surface area contributed by atoms with Crippen LogP contribution in [0.4, 0.5) is 18.9 Å². The number of thioether (sulfide) groups is 1. The molecule has 2 atom stereocenters. The van der Waals surface area contributed by atoms with Crippen molar-refractivity contribution in [3.8, 4) is 0 Å². The molecule has 1 N–H and O–H groups in total. The number of hydrogen-bond donors (Lipinski definition) is 1. The van der Waals surface area contributed by atoms with Crippen LogP contribution in [0.15, 0.2) is 23.2 Å². The number of ether oxygens (including phenoxy) is 1. The van der Waals surface area contributed by atoms with Crippen molar-refractivity contribution >= 4 is 55.9 Å². The maximum Gasteiger partial charge on any atom is 0.417 e. The van der Waals surface area contributed by atoms with Gasteiger partial charge >= 0.3 is 12.1 Å². The number of carbonyl (C=O) groups is 2. The number of amidine groups is 1. The molecule has 164 valence electrons. The highest BCUT2D eigenvalue weighted by Gasteiger charge is 2.49. The van der Waals surface area contributed by atoms with Gasteiger partial charge in [0, 0.05) is 10.9 Å². The molecular formula is C16H14ClF3N2O6S2. The predicted octanol–water partition coefficient (Wildman–Crippen LogP) is 2.06. The molecule has 0 saturated carbocycles. The summed E-state index contributed by atoms with van der Waals surface area (Å²) in [5.74, 6) is -2.65. The first-order chi connectivity index (χ1) is 13.9. The minimum atomic E-state index is -4.74. The molecule has 0 spiro atoms. The van der Waals surface area contributed by atoms with Crippen molar-refractivity contribution in [3.63, 3.8) is 0 Å². The Bertz CT molecular complexity index is 1010. The zero-order chi connectivity index (χ0) is 22.3. The van der Waals surface area contributed by atoms with Crippen molar-refractivity contribution in [3.05, 3.63) is 28.8 Å². The number of nitrogens with zero attached hydrogens (tertiary/aromatic N) is 2. The quantitative estimate of drug-likeness (QED) is 0.673. The average molecular weight is 487 g/mol. The first-order valence-electron chi connectivity index (χ1n) is 8.31. The molecule has 2 saturated heterocycles. The third kappa shape index (κ3) is 5.07. The number of benzene rings is 1. The monoisotopic (exact) mass is 486 g/mol. The number of aliphatic imine (C=N–C) groups is 1. The first-order valence-corrected chi connectivity index (χ1v) is 11.4. The Morgan fingerprint density at radius 2 is 2.00 bits per heavy atom. The summed E-state index contributed by atoms with van der Waals surface area (Å²) in [5.41, 5.74) is -1.12. The van der Waals surface area contributed by atoms with E-state index in [1.165, 1.54) is 11.0 Å². The Labute approximate surface area is 178 Å². The van der Waals surface area contributed by atoms with Gasteiger partial charge in [0.2, 0.25) is 0 Å². The van der Waals surface area contributed by atoms with Crippen molar-refractivity contribution in [2.45, 2.75) is 17.5 Å². The van der Waals surface area contributed by atoms with Gasteiger partial charge < -0.3 is 14.7 Å². The van der Waals surface area contributed by atoms with Gasteiger partial charge in [-0.05, 0) is 18.2 Å². The third-order valence-corrected chi connectivity index (χ3v) is 7.81. The number of aliphatic carboxylic acids is 1. The van der Waals surface area contributed by atoms with Crippen LogP contribution in [0.25, 0.3) is 0 Å². The summed E-state index contributed by atoms with van der Waals surface area (Å²) < 4.78 is 68.5. The SMILES string of the molecule is O=C(O)COCC(=O)N=C1S[C@H]2CS(=O)(=O)C[C@@H]2N1c1ccc(Cl)c(C(F)(F)F)c1. The van der Waals surface area contributed by atoms with Gasteiger partial charge in [-0.3, -0.25) is 4.79 Å². The number of hydrogen-bond acceptors (Lipinski definition) is 6. The molecule has 14 heteroatoms. The van der Waals surface area contributed by atoms with Gasteiger partial charge in [0.15, 0.2) is 15.0 Å². The molecule has 1 aromatic rings. The van der Waals surface area contributed by atoms with E-state index >= 15 is 0 Å². The van der Waals surface area contributed by atoms with Crippen molar-refractivity contribution in [2.75, 3.05) is 29.6 Å². The van der Waals surface area contributed by atoms with Crippen LogP contribution in [0.3, 0.4) is 0 Å². The van der Waals surface area contributed by atoms with E-state index in [-0.39, 0.29) is 22.4 Å². The van der Waals surface area contributed by atoms with Crippen LogP contribution < -0.4 is 4.90 Å². The number of carbonyl (C=O) groups excluding carboxylic acids is 1. The zero-order valence-corrected chi connectivity index (χ0v) is 17.3. The second-order valence-corrected chi connectivity index (χ2v) is 10.3. The highest BCUT2D eigenvalue weighted by molar-refractivity contribution is 8.16. The molecule has 30 heavy (non-hydrogen) atoms. The van der Waals surface area contributed by atoms with Crippen LogP contribution in [-0.4, -0.2) is 66.6 Å². The molecule has 1 aromatic carbocycles. The normalized spacial score (nSPS) is 24.3. The van der Waals surface area contributed by atoms with Gasteiger partial charge in [0.05, 0.1) is 28.1 Å². The van der Waals surface area contributed by atoms with E-state index in [1.54, 1.807) is 0 Å². The molecule has 0 bridgehead atoms. The summed E-state index contributed by atoms with van der Waals surface area (Å²) in [6.07, 6.45) is -4.74. The highest BCUT2D eigenvalue weighted by atomic mass is 35.5. The first kappa shape index (κ1) is 22.8. The van der Waals surface area contributed by atoms with Gasteiger partial charge in [-0.2, -0.15) is 18.2 Å². The molecule has 2 aliphatic rings. The fraction of sp³-hybridized carbons (Fsp3) is 0.438. The number of halogens is 4. The zero-order valence-electron chi connectivity index (χ0n) is 14.9.